The van der Waals surface area contributed by atoms with Crippen molar-refractivity contribution >= 4 is 39.4 Å². The van der Waals surface area contributed by atoms with Crippen LogP contribution in [0.25, 0.3) is 0 Å². The van der Waals surface area contributed by atoms with Gasteiger partial charge in [-0.15, -0.1) is 0 Å². The lowest BCUT2D eigenvalue weighted by molar-refractivity contribution is -0.144. The third kappa shape index (κ3) is 7.70. The first-order valence-corrected chi connectivity index (χ1v) is 19.8. The lowest BCUT2D eigenvalue weighted by Gasteiger charge is -2.41. The number of urea groups is 1. The lowest BCUT2D eigenvalue weighted by Crippen LogP contribution is -2.63. The van der Waals surface area contributed by atoms with Crippen LogP contribution in [-0.2, 0) is 29.0 Å². The van der Waals surface area contributed by atoms with Crippen molar-refractivity contribution in [2.75, 3.05) is 12.3 Å². The molecule has 270 valence electrons. The number of Topliss-reactive ketones (excluding diaryl/α,β-unsaturated/α-hetero) is 1. The van der Waals surface area contributed by atoms with Crippen LogP contribution in [0.4, 0.5) is 4.79 Å². The molecule has 1 aliphatic heterocycles. The summed E-state index contributed by atoms with van der Waals surface area (Å²) >= 11 is 0. The molecule has 4 saturated carbocycles. The van der Waals surface area contributed by atoms with Gasteiger partial charge in [-0.2, -0.15) is 0 Å². The normalized spacial score (nSPS) is 28.0. The van der Waals surface area contributed by atoms with Gasteiger partial charge in [0.2, 0.25) is 17.6 Å². The van der Waals surface area contributed by atoms with Crippen LogP contribution in [0.1, 0.15) is 118 Å². The van der Waals surface area contributed by atoms with Gasteiger partial charge in [0, 0.05) is 6.54 Å². The van der Waals surface area contributed by atoms with E-state index in [0.29, 0.717) is 25.8 Å². The fourth-order valence-electron chi connectivity index (χ4n) is 8.72. The molecule has 2 unspecified atom stereocenters. The lowest BCUT2D eigenvalue weighted by atomic mass is 9.82. The van der Waals surface area contributed by atoms with Crippen molar-refractivity contribution < 1.29 is 32.4 Å². The van der Waals surface area contributed by atoms with Crippen LogP contribution in [0.3, 0.4) is 0 Å². The summed E-state index contributed by atoms with van der Waals surface area (Å²) < 4.78 is 25.7. The van der Waals surface area contributed by atoms with Crippen molar-refractivity contribution in [1.29, 1.82) is 0 Å². The number of rotatable bonds is 12. The van der Waals surface area contributed by atoms with Gasteiger partial charge in [0.15, 0.2) is 9.84 Å². The molecule has 1 heterocycles. The first-order valence-electron chi connectivity index (χ1n) is 18.1. The Morgan fingerprint density at radius 3 is 2.06 bits per heavy atom. The maximum absolute atomic E-state index is 14.6. The molecule has 12 nitrogen and oxygen atoms in total. The van der Waals surface area contributed by atoms with E-state index in [-0.39, 0.29) is 40.7 Å². The number of nitrogens with zero attached hydrogens (tertiary/aromatic N) is 1. The minimum atomic E-state index is -3.55. The van der Waals surface area contributed by atoms with E-state index in [9.17, 15) is 32.4 Å². The van der Waals surface area contributed by atoms with Gasteiger partial charge < -0.3 is 26.6 Å². The monoisotopic (exact) mass is 691 g/mol. The summed E-state index contributed by atoms with van der Waals surface area (Å²) in [6.45, 7) is 9.50. The summed E-state index contributed by atoms with van der Waals surface area (Å²) in [6, 6.07) is -3.34. The van der Waals surface area contributed by atoms with Gasteiger partial charge in [0.1, 0.15) is 12.1 Å². The van der Waals surface area contributed by atoms with Crippen LogP contribution in [0.15, 0.2) is 0 Å². The predicted octanol–water partition coefficient (Wildman–Crippen LogP) is 2.97. The number of carbonyl (C=O) groups is 5. The minimum absolute atomic E-state index is 0.0832. The number of sulfone groups is 1. The Morgan fingerprint density at radius 2 is 1.50 bits per heavy atom. The average molecular weight is 692 g/mol. The highest BCUT2D eigenvalue weighted by Crippen LogP contribution is 2.65. The number of amides is 5. The number of piperidine rings is 1. The molecular weight excluding hydrogens is 634 g/mol. The van der Waals surface area contributed by atoms with Crippen LogP contribution in [0.2, 0.25) is 0 Å². The Morgan fingerprint density at radius 1 is 0.896 bits per heavy atom. The average Bonchev–Trinajstić information content (AvgIpc) is 3.86. The van der Waals surface area contributed by atoms with Gasteiger partial charge in [0.05, 0.1) is 22.1 Å². The number of primary amides is 1. The van der Waals surface area contributed by atoms with Gasteiger partial charge in [-0.05, 0) is 82.0 Å². The van der Waals surface area contributed by atoms with E-state index in [0.717, 1.165) is 64.2 Å². The van der Waals surface area contributed by atoms with Crippen molar-refractivity contribution in [2.24, 2.45) is 34.8 Å². The Bertz CT molecular complexity index is 1390. The van der Waals surface area contributed by atoms with E-state index >= 15 is 0 Å². The van der Waals surface area contributed by atoms with E-state index in [1.165, 1.54) is 0 Å². The second-order valence-corrected chi connectivity index (χ2v) is 19.8. The van der Waals surface area contributed by atoms with Gasteiger partial charge >= 0.3 is 6.03 Å². The Labute approximate surface area is 285 Å². The first kappa shape index (κ1) is 36.6. The maximum atomic E-state index is 14.6. The summed E-state index contributed by atoms with van der Waals surface area (Å²) in [5.41, 5.74) is 4.22. The molecular formula is C35H57N5O7S. The second kappa shape index (κ2) is 13.5. The topological polar surface area (TPSA) is 185 Å². The standard InChI is InChI=1S/C35H57N5O7S/c1-33(2,3)48(46,47)20-35(16-10-7-11-17-35)39-32(45)38-26(22-12-8-6-9-13-22)31(44)40-19-23-25(34(23,4)5)27(40)30(43)37-24(18-21-14-15-21)28(41)29(36)42/h21-27H,6-20H2,1-5H3,(H2,36,42)(H,37,43)(H2,38,39,45)/t23?,24?,25-,26-,27-/m0/s1. The molecule has 5 atom stereocenters. The van der Waals surface area contributed by atoms with E-state index in [1.54, 1.807) is 25.7 Å². The SMILES string of the molecule is CC1(C)C2CN(C(=O)[C@@H](NC(=O)NC3(CS(=O)(=O)C(C)(C)C)CCCCC3)C3CCCCC3)[C@H](C(=O)NC(CC3CC3)C(=O)C(N)=O)[C@H]21. The Balaban J connectivity index is 1.37. The molecule has 0 radical (unpaired) electrons. The zero-order valence-electron chi connectivity index (χ0n) is 29.4. The summed E-state index contributed by atoms with van der Waals surface area (Å²) in [5, 5.41) is 8.85. The van der Waals surface area contributed by atoms with Gasteiger partial charge in [0.25, 0.3) is 5.91 Å². The minimum Gasteiger partial charge on any atom is -0.363 e. The molecule has 0 bridgehead atoms. The molecule has 13 heteroatoms. The molecule has 0 aromatic rings. The maximum Gasteiger partial charge on any atom is 0.315 e. The number of fused-ring (bicyclic) bond motifs is 1. The number of nitrogens with one attached hydrogen (secondary N) is 3. The van der Waals surface area contributed by atoms with Crippen molar-refractivity contribution in [2.45, 2.75) is 147 Å². The molecule has 0 aromatic heterocycles. The van der Waals surface area contributed by atoms with Crippen LogP contribution in [-0.4, -0.2) is 83.6 Å². The quantitative estimate of drug-likeness (QED) is 0.227. The number of ketones is 1. The van der Waals surface area contributed by atoms with Crippen LogP contribution < -0.4 is 21.7 Å². The second-order valence-electron chi connectivity index (χ2n) is 17.0. The van der Waals surface area contributed by atoms with Gasteiger partial charge in [-0.25, -0.2) is 13.2 Å². The van der Waals surface area contributed by atoms with Gasteiger partial charge in [-0.3, -0.25) is 19.2 Å². The Kier molecular flexibility index (Phi) is 10.3. The van der Waals surface area contributed by atoms with E-state index in [4.69, 9.17) is 5.73 Å². The number of nitrogens with two attached hydrogens (primary N) is 1. The van der Waals surface area contributed by atoms with Crippen molar-refractivity contribution in [3.8, 4) is 0 Å². The molecule has 5 N–H and O–H groups in total. The highest BCUT2D eigenvalue weighted by atomic mass is 32.2. The summed E-state index contributed by atoms with van der Waals surface area (Å²) in [4.78, 5) is 68.6. The summed E-state index contributed by atoms with van der Waals surface area (Å²) in [7, 11) is -3.55. The van der Waals surface area contributed by atoms with Gasteiger partial charge in [-0.1, -0.05) is 65.2 Å². The van der Waals surface area contributed by atoms with Crippen LogP contribution >= 0.6 is 0 Å². The predicted molar refractivity (Wildman–Crippen MR) is 181 cm³/mol. The highest BCUT2D eigenvalue weighted by molar-refractivity contribution is 7.92. The molecule has 5 fully saturated rings. The molecule has 5 amide bonds. The Hall–Kier alpha value is -2.70. The number of hydrogen-bond acceptors (Lipinski definition) is 7. The number of carbonyl (C=O) groups excluding carboxylic acids is 5. The molecule has 4 aliphatic carbocycles. The number of likely N-dealkylation sites (tertiary alicyclic amines) is 1. The zero-order valence-corrected chi connectivity index (χ0v) is 30.3. The van der Waals surface area contributed by atoms with E-state index in [2.05, 4.69) is 29.8 Å². The molecule has 1 saturated heterocycles. The zero-order chi connectivity index (χ0) is 35.2. The smallest absolute Gasteiger partial charge is 0.315 e. The fraction of sp³-hybridized carbons (Fsp3) is 0.857. The summed E-state index contributed by atoms with van der Waals surface area (Å²) in [5.74, 6) is -2.83. The first-order chi connectivity index (χ1) is 22.4. The molecule has 0 aromatic carbocycles. The third-order valence-electron chi connectivity index (χ3n) is 12.2. The van der Waals surface area contributed by atoms with Crippen LogP contribution in [0.5, 0.6) is 0 Å². The fourth-order valence-corrected chi connectivity index (χ4v) is 10.2. The highest BCUT2D eigenvalue weighted by Gasteiger charge is 2.70. The van der Waals surface area contributed by atoms with Crippen molar-refractivity contribution in [3.05, 3.63) is 0 Å². The third-order valence-corrected chi connectivity index (χ3v) is 15.0. The van der Waals surface area contributed by atoms with Crippen LogP contribution in [0, 0.1) is 29.1 Å². The number of hydrogen-bond donors (Lipinski definition) is 4. The molecule has 48 heavy (non-hydrogen) atoms. The summed E-state index contributed by atoms with van der Waals surface area (Å²) in [6.07, 6.45) is 10.2. The molecule has 5 rings (SSSR count). The molecule has 0 spiro atoms. The van der Waals surface area contributed by atoms with E-state index < -0.39 is 61.9 Å². The van der Waals surface area contributed by atoms with Crippen molar-refractivity contribution in [1.82, 2.24) is 20.9 Å². The van der Waals surface area contributed by atoms with Crippen molar-refractivity contribution in [3.63, 3.8) is 0 Å². The van der Waals surface area contributed by atoms with E-state index in [1.807, 2.05) is 0 Å². The largest absolute Gasteiger partial charge is 0.363 e. The molecule has 5 aliphatic rings.